The molecule has 146 valence electrons. The molecule has 0 saturated carbocycles. The minimum atomic E-state index is -0.564. The Kier molecular flexibility index (Phi) is 5.46. The molecule has 4 rings (SSSR count). The molecule has 4 nitrogen and oxygen atoms in total. The van der Waals surface area contributed by atoms with Crippen molar-refractivity contribution in [3.05, 3.63) is 94.8 Å². The Labute approximate surface area is 173 Å². The van der Waals surface area contributed by atoms with Crippen LogP contribution in [0.5, 0.6) is 0 Å². The highest BCUT2D eigenvalue weighted by Gasteiger charge is 2.28. The summed E-state index contributed by atoms with van der Waals surface area (Å²) in [5.41, 5.74) is 5.19. The highest BCUT2D eigenvalue weighted by Crippen LogP contribution is 2.44. The molecule has 1 aliphatic rings. The van der Waals surface area contributed by atoms with Gasteiger partial charge < -0.3 is 10.1 Å². The fraction of sp³-hybridized carbons (Fsp3) is 0.120. The van der Waals surface area contributed by atoms with E-state index in [-0.39, 0.29) is 24.6 Å². The number of nitriles is 1. The maximum Gasteiger partial charge on any atom is 0.407 e. The van der Waals surface area contributed by atoms with Gasteiger partial charge in [0.2, 0.25) is 0 Å². The van der Waals surface area contributed by atoms with E-state index in [2.05, 4.69) is 41.4 Å². The first kappa shape index (κ1) is 19.2. The van der Waals surface area contributed by atoms with E-state index in [1.54, 1.807) is 0 Å². The van der Waals surface area contributed by atoms with Crippen molar-refractivity contribution in [2.75, 3.05) is 13.2 Å². The zero-order valence-corrected chi connectivity index (χ0v) is 16.0. The van der Waals surface area contributed by atoms with Gasteiger partial charge in [-0.15, -0.1) is 0 Å². The van der Waals surface area contributed by atoms with E-state index in [0.29, 0.717) is 5.56 Å². The molecule has 0 unspecified atom stereocenters. The molecule has 0 aromatic heterocycles. The van der Waals surface area contributed by atoms with Crippen molar-refractivity contribution in [1.82, 2.24) is 5.32 Å². The van der Waals surface area contributed by atoms with Crippen molar-refractivity contribution in [2.24, 2.45) is 0 Å². The molecule has 0 atom stereocenters. The molecule has 0 fully saturated rings. The second kappa shape index (κ2) is 8.51. The van der Waals surface area contributed by atoms with Crippen LogP contribution in [0.3, 0.4) is 0 Å². The fourth-order valence-electron chi connectivity index (χ4n) is 3.62. The molecule has 0 heterocycles. The van der Waals surface area contributed by atoms with Crippen molar-refractivity contribution < 1.29 is 13.9 Å². The van der Waals surface area contributed by atoms with Gasteiger partial charge >= 0.3 is 6.09 Å². The van der Waals surface area contributed by atoms with Crippen molar-refractivity contribution in [2.45, 2.75) is 5.92 Å². The van der Waals surface area contributed by atoms with Crippen LogP contribution in [0.15, 0.2) is 66.7 Å². The molecule has 5 heteroatoms. The van der Waals surface area contributed by atoms with Gasteiger partial charge in [-0.1, -0.05) is 60.4 Å². The van der Waals surface area contributed by atoms with Gasteiger partial charge in [-0.3, -0.25) is 0 Å². The third-order valence-electron chi connectivity index (χ3n) is 4.99. The first-order valence-corrected chi connectivity index (χ1v) is 9.44. The normalized spacial score (nSPS) is 11.5. The molecule has 0 aliphatic heterocycles. The lowest BCUT2D eigenvalue weighted by molar-refractivity contribution is 0.144. The van der Waals surface area contributed by atoms with E-state index in [1.165, 1.54) is 23.3 Å². The van der Waals surface area contributed by atoms with E-state index < -0.39 is 11.9 Å². The monoisotopic (exact) mass is 396 g/mol. The third-order valence-corrected chi connectivity index (χ3v) is 4.99. The molecule has 1 amide bonds. The minimum Gasteiger partial charge on any atom is -0.449 e. The lowest BCUT2D eigenvalue weighted by atomic mass is 9.98. The summed E-state index contributed by atoms with van der Waals surface area (Å²) >= 11 is 0. The van der Waals surface area contributed by atoms with E-state index in [9.17, 15) is 9.18 Å². The Hall–Kier alpha value is -4.09. The maximum atomic E-state index is 13.2. The number of alkyl carbamates (subject to hydrolysis) is 1. The fourth-order valence-corrected chi connectivity index (χ4v) is 3.62. The van der Waals surface area contributed by atoms with Crippen molar-refractivity contribution in [1.29, 1.82) is 5.26 Å². The topological polar surface area (TPSA) is 62.1 Å². The molecule has 0 spiro atoms. The molecular formula is C25H17FN2O2. The summed E-state index contributed by atoms with van der Waals surface area (Å²) < 4.78 is 18.6. The van der Waals surface area contributed by atoms with Crippen LogP contribution in [0.4, 0.5) is 9.18 Å². The third kappa shape index (κ3) is 3.87. The number of fused-ring (bicyclic) bond motifs is 3. The number of rotatable bonds is 3. The molecule has 1 aliphatic carbocycles. The smallest absolute Gasteiger partial charge is 0.407 e. The van der Waals surface area contributed by atoms with Gasteiger partial charge in [0.15, 0.2) is 0 Å². The lowest BCUT2D eigenvalue weighted by Crippen LogP contribution is -2.26. The number of carbonyl (C=O) groups excluding carboxylic acids is 1. The zero-order valence-electron chi connectivity index (χ0n) is 16.0. The molecule has 3 aromatic rings. The summed E-state index contributed by atoms with van der Waals surface area (Å²) in [6.45, 7) is 0.281. The Morgan fingerprint density at radius 2 is 1.67 bits per heavy atom. The SMILES string of the molecule is N#Cc1cc(F)ccc1C#CCNC(=O)OCC1c2ccccc2-c2ccccc21. The van der Waals surface area contributed by atoms with E-state index in [4.69, 9.17) is 10.00 Å². The van der Waals surface area contributed by atoms with Crippen LogP contribution in [0, 0.1) is 29.0 Å². The van der Waals surface area contributed by atoms with Crippen LogP contribution < -0.4 is 5.32 Å². The summed E-state index contributed by atoms with van der Waals surface area (Å²) in [5, 5.41) is 11.6. The standard InChI is InChI=1S/C25H17FN2O2/c26-19-12-11-17(18(14-19)15-27)6-5-13-28-25(29)30-16-24-22-9-3-1-7-20(22)21-8-2-4-10-23(21)24/h1-4,7-12,14,24H,13,16H2,(H,28,29). The first-order valence-electron chi connectivity index (χ1n) is 9.44. The van der Waals surface area contributed by atoms with Gasteiger partial charge in [-0.25, -0.2) is 9.18 Å². The molecule has 0 bridgehead atoms. The second-order valence-electron chi connectivity index (χ2n) is 6.78. The van der Waals surface area contributed by atoms with Gasteiger partial charge in [0.25, 0.3) is 0 Å². The largest absolute Gasteiger partial charge is 0.449 e. The number of ether oxygens (including phenoxy) is 1. The number of nitrogens with zero attached hydrogens (tertiary/aromatic N) is 1. The summed E-state index contributed by atoms with van der Waals surface area (Å²) in [6.07, 6.45) is -0.564. The van der Waals surface area contributed by atoms with Crippen molar-refractivity contribution >= 4 is 6.09 Å². The predicted molar refractivity (Wildman–Crippen MR) is 111 cm³/mol. The Morgan fingerprint density at radius 1 is 1.00 bits per heavy atom. The van der Waals surface area contributed by atoms with E-state index in [0.717, 1.165) is 17.2 Å². The van der Waals surface area contributed by atoms with Crippen LogP contribution >= 0.6 is 0 Å². The number of carbonyl (C=O) groups is 1. The Morgan fingerprint density at radius 3 is 2.33 bits per heavy atom. The molecule has 30 heavy (non-hydrogen) atoms. The molecule has 0 saturated heterocycles. The predicted octanol–water partition coefficient (Wildman–Crippen LogP) is 4.59. The van der Waals surface area contributed by atoms with E-state index >= 15 is 0 Å². The summed E-state index contributed by atoms with van der Waals surface area (Å²) in [6, 6.07) is 22.0. The summed E-state index contributed by atoms with van der Waals surface area (Å²) in [4.78, 5) is 12.1. The summed E-state index contributed by atoms with van der Waals surface area (Å²) in [7, 11) is 0. The van der Waals surface area contributed by atoms with Crippen LogP contribution in [-0.4, -0.2) is 19.2 Å². The van der Waals surface area contributed by atoms with Crippen molar-refractivity contribution in [3.8, 4) is 29.0 Å². The van der Waals surface area contributed by atoms with E-state index in [1.807, 2.05) is 30.3 Å². The highest BCUT2D eigenvalue weighted by atomic mass is 19.1. The number of benzene rings is 3. The number of hydrogen-bond donors (Lipinski definition) is 1. The average molecular weight is 396 g/mol. The Bertz CT molecular complexity index is 1170. The van der Waals surface area contributed by atoms with Crippen LogP contribution in [0.1, 0.15) is 28.2 Å². The highest BCUT2D eigenvalue weighted by molar-refractivity contribution is 5.79. The lowest BCUT2D eigenvalue weighted by Gasteiger charge is -2.14. The second-order valence-corrected chi connectivity index (χ2v) is 6.78. The number of amides is 1. The number of halogens is 1. The quantitative estimate of drug-likeness (QED) is 0.659. The van der Waals surface area contributed by atoms with Crippen LogP contribution in [0.25, 0.3) is 11.1 Å². The van der Waals surface area contributed by atoms with Crippen molar-refractivity contribution in [3.63, 3.8) is 0 Å². The van der Waals surface area contributed by atoms with Gasteiger partial charge in [0, 0.05) is 11.5 Å². The molecule has 3 aromatic carbocycles. The maximum absolute atomic E-state index is 13.2. The molecule has 0 radical (unpaired) electrons. The molecule has 1 N–H and O–H groups in total. The first-order chi connectivity index (χ1) is 14.7. The van der Waals surface area contributed by atoms with Gasteiger partial charge in [-0.05, 0) is 40.5 Å². The van der Waals surface area contributed by atoms with Gasteiger partial charge in [0.1, 0.15) is 18.5 Å². The van der Waals surface area contributed by atoms with Gasteiger partial charge in [0.05, 0.1) is 12.1 Å². The van der Waals surface area contributed by atoms with Gasteiger partial charge in [-0.2, -0.15) is 5.26 Å². The molecular weight excluding hydrogens is 379 g/mol. The number of nitrogens with one attached hydrogen (secondary N) is 1. The van der Waals surface area contributed by atoms with Crippen LogP contribution in [0.2, 0.25) is 0 Å². The van der Waals surface area contributed by atoms with Crippen LogP contribution in [-0.2, 0) is 4.74 Å². The Balaban J connectivity index is 1.36. The minimum absolute atomic E-state index is 0.00774. The average Bonchev–Trinajstić information content (AvgIpc) is 3.10. The number of hydrogen-bond acceptors (Lipinski definition) is 3. The summed E-state index contributed by atoms with van der Waals surface area (Å²) in [5.74, 6) is 5.01. The zero-order chi connectivity index (χ0) is 20.9.